The Balaban J connectivity index is 1.65. The second-order valence-corrected chi connectivity index (χ2v) is 6.87. The van der Waals surface area contributed by atoms with Gasteiger partial charge in [0.05, 0.1) is 26.6 Å². The number of hydrogen-bond acceptors (Lipinski definition) is 6. The van der Waals surface area contributed by atoms with Crippen molar-refractivity contribution in [3.8, 4) is 11.5 Å². The molecule has 1 N–H and O–H groups in total. The van der Waals surface area contributed by atoms with E-state index in [1.54, 1.807) is 31.5 Å². The molecule has 1 aliphatic heterocycles. The van der Waals surface area contributed by atoms with Gasteiger partial charge < -0.3 is 19.7 Å². The number of benzene rings is 1. The summed E-state index contributed by atoms with van der Waals surface area (Å²) in [6.07, 6.45) is 7.41. The first-order valence-electron chi connectivity index (χ1n) is 9.75. The van der Waals surface area contributed by atoms with Crippen molar-refractivity contribution < 1.29 is 14.3 Å². The molecule has 28 heavy (non-hydrogen) atoms. The number of aromatic nitrogens is 2. The first kappa shape index (κ1) is 19.9. The summed E-state index contributed by atoms with van der Waals surface area (Å²) in [4.78, 5) is 23.3. The minimum Gasteiger partial charge on any atom is -0.493 e. The Morgan fingerprint density at radius 2 is 1.86 bits per heavy atom. The molecule has 7 heteroatoms. The van der Waals surface area contributed by atoms with Gasteiger partial charge >= 0.3 is 0 Å². The van der Waals surface area contributed by atoms with Crippen LogP contribution in [0.2, 0.25) is 0 Å². The topological polar surface area (TPSA) is 76.6 Å². The summed E-state index contributed by atoms with van der Waals surface area (Å²) < 4.78 is 10.8. The predicted octanol–water partition coefficient (Wildman–Crippen LogP) is 3.29. The zero-order valence-electron chi connectivity index (χ0n) is 16.8. The number of carbonyl (C=O) groups is 1. The molecule has 0 radical (unpaired) electrons. The lowest BCUT2D eigenvalue weighted by Crippen LogP contribution is -2.36. The van der Waals surface area contributed by atoms with Crippen molar-refractivity contribution in [2.24, 2.45) is 0 Å². The zero-order chi connectivity index (χ0) is 19.9. The molecular weight excluding hydrogens is 356 g/mol. The van der Waals surface area contributed by atoms with Crippen LogP contribution in [-0.2, 0) is 13.0 Å². The van der Waals surface area contributed by atoms with Crippen LogP contribution in [0.1, 0.15) is 47.8 Å². The van der Waals surface area contributed by atoms with Gasteiger partial charge in [0.15, 0.2) is 11.5 Å². The van der Waals surface area contributed by atoms with Crippen LogP contribution in [0.25, 0.3) is 0 Å². The first-order valence-corrected chi connectivity index (χ1v) is 9.75. The van der Waals surface area contributed by atoms with Crippen molar-refractivity contribution in [3.05, 3.63) is 41.3 Å². The Morgan fingerprint density at radius 3 is 2.50 bits per heavy atom. The number of unbranched alkanes of at least 4 members (excludes halogenated alkanes) is 2. The van der Waals surface area contributed by atoms with Crippen molar-refractivity contribution in [1.29, 1.82) is 0 Å². The Bertz CT molecular complexity index is 808. The lowest BCUT2D eigenvalue weighted by Gasteiger charge is -2.29. The maximum Gasteiger partial charge on any atom is 0.274 e. The van der Waals surface area contributed by atoms with Gasteiger partial charge in [-0.1, -0.05) is 19.8 Å². The monoisotopic (exact) mass is 384 g/mol. The Morgan fingerprint density at radius 1 is 1.11 bits per heavy atom. The molecule has 0 saturated carbocycles. The van der Waals surface area contributed by atoms with Crippen LogP contribution in [0.3, 0.4) is 0 Å². The summed E-state index contributed by atoms with van der Waals surface area (Å²) in [6, 6.07) is 3.94. The fourth-order valence-electron chi connectivity index (χ4n) is 3.34. The third-order valence-electron chi connectivity index (χ3n) is 4.96. The predicted molar refractivity (Wildman–Crippen MR) is 108 cm³/mol. The van der Waals surface area contributed by atoms with Crippen molar-refractivity contribution in [2.75, 3.05) is 32.6 Å². The molecule has 2 aromatic rings. The third kappa shape index (κ3) is 4.52. The minimum absolute atomic E-state index is 0.106. The molecule has 0 atom stereocenters. The number of ether oxygens (including phenoxy) is 2. The van der Waals surface area contributed by atoms with Gasteiger partial charge in [0.2, 0.25) is 0 Å². The lowest BCUT2D eigenvalue weighted by molar-refractivity contribution is 0.0728. The fraction of sp³-hybridized carbons (Fsp3) is 0.476. The molecule has 0 fully saturated rings. The second kappa shape index (κ2) is 9.39. The van der Waals surface area contributed by atoms with Crippen molar-refractivity contribution in [1.82, 2.24) is 14.9 Å². The highest BCUT2D eigenvalue weighted by molar-refractivity contribution is 5.92. The smallest absolute Gasteiger partial charge is 0.274 e. The summed E-state index contributed by atoms with van der Waals surface area (Å²) >= 11 is 0. The number of hydrogen-bond donors (Lipinski definition) is 1. The number of methoxy groups -OCH3 is 2. The van der Waals surface area contributed by atoms with Crippen LogP contribution >= 0.6 is 0 Å². The molecule has 1 amide bonds. The van der Waals surface area contributed by atoms with E-state index >= 15 is 0 Å². The van der Waals surface area contributed by atoms with Gasteiger partial charge in [-0.15, -0.1) is 0 Å². The van der Waals surface area contributed by atoms with Crippen molar-refractivity contribution in [3.63, 3.8) is 0 Å². The minimum atomic E-state index is -0.106. The van der Waals surface area contributed by atoms with E-state index in [-0.39, 0.29) is 5.91 Å². The average Bonchev–Trinajstić information content (AvgIpc) is 2.75. The molecule has 1 aliphatic rings. The highest BCUT2D eigenvalue weighted by Gasteiger charge is 2.24. The molecule has 0 spiro atoms. The summed E-state index contributed by atoms with van der Waals surface area (Å²) in [7, 11) is 3.24. The van der Waals surface area contributed by atoms with Gasteiger partial charge in [0.25, 0.3) is 5.91 Å². The summed E-state index contributed by atoms with van der Waals surface area (Å²) in [5.74, 6) is 1.99. The van der Waals surface area contributed by atoms with Crippen LogP contribution < -0.4 is 14.8 Å². The molecule has 0 unspecified atom stereocenters. The number of nitrogens with zero attached hydrogens (tertiary/aromatic N) is 3. The van der Waals surface area contributed by atoms with Gasteiger partial charge in [0, 0.05) is 19.6 Å². The molecule has 1 aromatic heterocycles. The largest absolute Gasteiger partial charge is 0.493 e. The quantitative estimate of drug-likeness (QED) is 0.704. The van der Waals surface area contributed by atoms with E-state index < -0.39 is 0 Å². The maximum atomic E-state index is 12.8. The lowest BCUT2D eigenvalue weighted by atomic mass is 9.98. The maximum absolute atomic E-state index is 12.8. The Hall–Kier alpha value is -2.83. The van der Waals surface area contributed by atoms with Gasteiger partial charge in [-0.2, -0.15) is 0 Å². The number of carbonyl (C=O) groups excluding carboxylic acids is 1. The van der Waals surface area contributed by atoms with E-state index in [0.717, 1.165) is 24.9 Å². The van der Waals surface area contributed by atoms with Crippen LogP contribution in [0.5, 0.6) is 11.5 Å². The Labute approximate surface area is 166 Å². The number of anilines is 1. The van der Waals surface area contributed by atoms with E-state index in [9.17, 15) is 4.79 Å². The molecule has 1 aromatic carbocycles. The van der Waals surface area contributed by atoms with Crippen LogP contribution in [0.15, 0.2) is 24.5 Å². The summed E-state index contributed by atoms with van der Waals surface area (Å²) in [5.41, 5.74) is 2.61. The SMILES string of the molecule is CCCCCNc1cnc(C(=O)N2CCc3cc(OC)c(OC)cc3C2)cn1. The number of amides is 1. The zero-order valence-corrected chi connectivity index (χ0v) is 16.8. The summed E-state index contributed by atoms with van der Waals surface area (Å²) in [6.45, 7) is 4.20. The van der Waals surface area contributed by atoms with Crippen LogP contribution in [0.4, 0.5) is 5.82 Å². The first-order chi connectivity index (χ1) is 13.7. The number of fused-ring (bicyclic) bond motifs is 1. The number of nitrogens with one attached hydrogen (secondary N) is 1. The fourth-order valence-corrected chi connectivity index (χ4v) is 3.34. The van der Waals surface area contributed by atoms with Gasteiger partial charge in [-0.05, 0) is 36.1 Å². The highest BCUT2D eigenvalue weighted by atomic mass is 16.5. The molecule has 7 nitrogen and oxygen atoms in total. The average molecular weight is 384 g/mol. The normalized spacial score (nSPS) is 13.0. The van der Waals surface area contributed by atoms with E-state index in [0.29, 0.717) is 36.1 Å². The molecule has 0 aliphatic carbocycles. The van der Waals surface area contributed by atoms with Crippen molar-refractivity contribution in [2.45, 2.75) is 39.2 Å². The highest BCUT2D eigenvalue weighted by Crippen LogP contribution is 2.33. The van der Waals surface area contributed by atoms with Crippen LogP contribution in [0, 0.1) is 0 Å². The summed E-state index contributed by atoms with van der Waals surface area (Å²) in [5, 5.41) is 3.24. The molecule has 150 valence electrons. The van der Waals surface area contributed by atoms with Gasteiger partial charge in [-0.25, -0.2) is 9.97 Å². The molecule has 3 rings (SSSR count). The third-order valence-corrected chi connectivity index (χ3v) is 4.96. The standard InChI is InChI=1S/C21H28N4O3/c1-4-5-6-8-22-20-13-23-17(12-24-20)21(26)25-9-7-15-10-18(27-2)19(28-3)11-16(15)14-25/h10-13H,4-9,14H2,1-3H3,(H,22,24). The molecule has 0 bridgehead atoms. The van der Waals surface area contributed by atoms with Crippen molar-refractivity contribution >= 4 is 11.7 Å². The number of rotatable bonds is 8. The van der Waals surface area contributed by atoms with Gasteiger partial charge in [-0.3, -0.25) is 4.79 Å². The van der Waals surface area contributed by atoms with E-state index in [2.05, 4.69) is 22.2 Å². The Kier molecular flexibility index (Phi) is 6.68. The van der Waals surface area contributed by atoms with E-state index in [4.69, 9.17) is 9.47 Å². The van der Waals surface area contributed by atoms with E-state index in [1.165, 1.54) is 18.4 Å². The van der Waals surface area contributed by atoms with Gasteiger partial charge in [0.1, 0.15) is 11.5 Å². The van der Waals surface area contributed by atoms with E-state index in [1.807, 2.05) is 12.1 Å². The molecule has 2 heterocycles. The molecule has 0 saturated heterocycles. The van der Waals surface area contributed by atoms with Crippen LogP contribution in [-0.4, -0.2) is 48.1 Å². The molecular formula is C21H28N4O3. The second-order valence-electron chi connectivity index (χ2n) is 6.87.